The van der Waals surface area contributed by atoms with Crippen LogP contribution in [0.4, 0.5) is 10.7 Å². The van der Waals surface area contributed by atoms with E-state index in [0.29, 0.717) is 0 Å². The van der Waals surface area contributed by atoms with Crippen LogP contribution in [0.3, 0.4) is 0 Å². The fourth-order valence-electron chi connectivity index (χ4n) is 1.84. The van der Waals surface area contributed by atoms with Crippen molar-refractivity contribution in [3.05, 3.63) is 58.9 Å². The highest BCUT2D eigenvalue weighted by Gasteiger charge is 2.06. The Bertz CT molecular complexity index is 646. The van der Waals surface area contributed by atoms with E-state index in [0.717, 1.165) is 21.1 Å². The molecule has 2 aromatic carbocycles. The Morgan fingerprint density at radius 3 is 2.65 bits per heavy atom. The summed E-state index contributed by atoms with van der Waals surface area (Å²) < 4.78 is 0. The quantitative estimate of drug-likeness (QED) is 0.659. The zero-order valence-electron chi connectivity index (χ0n) is 8.98. The van der Waals surface area contributed by atoms with Gasteiger partial charge in [0.1, 0.15) is 0 Å². The Kier molecular flexibility index (Phi) is 2.75. The zero-order chi connectivity index (χ0) is 11.7. The van der Waals surface area contributed by atoms with Crippen molar-refractivity contribution in [2.45, 2.75) is 0 Å². The third-order valence-corrected chi connectivity index (χ3v) is 3.75. The number of anilines is 2. The van der Waals surface area contributed by atoms with E-state index in [1.165, 1.54) is 5.39 Å². The third kappa shape index (κ3) is 2.02. The van der Waals surface area contributed by atoms with Crippen LogP contribution in [0.25, 0.3) is 10.8 Å². The Labute approximate surface area is 109 Å². The van der Waals surface area contributed by atoms with E-state index < -0.39 is 0 Å². The van der Waals surface area contributed by atoms with Crippen molar-refractivity contribution in [3.63, 3.8) is 0 Å². The molecular formula is C14H10ClNS. The largest absolute Gasteiger partial charge is 0.346 e. The van der Waals surface area contributed by atoms with Crippen molar-refractivity contribution >= 4 is 44.4 Å². The highest BCUT2D eigenvalue weighted by Crippen LogP contribution is 2.34. The van der Waals surface area contributed by atoms with Gasteiger partial charge < -0.3 is 5.32 Å². The molecule has 0 aliphatic carbocycles. The number of hydrogen-bond acceptors (Lipinski definition) is 2. The maximum absolute atomic E-state index is 6.26. The monoisotopic (exact) mass is 259 g/mol. The minimum Gasteiger partial charge on any atom is -0.346 e. The van der Waals surface area contributed by atoms with E-state index in [1.807, 2.05) is 41.8 Å². The minimum atomic E-state index is 0.747. The molecule has 84 valence electrons. The second-order valence-corrected chi connectivity index (χ2v) is 5.10. The molecule has 0 radical (unpaired) electrons. The smallest absolute Gasteiger partial charge is 0.0927 e. The van der Waals surface area contributed by atoms with Crippen LogP contribution in [0.1, 0.15) is 0 Å². The minimum absolute atomic E-state index is 0.747. The lowest BCUT2D eigenvalue weighted by molar-refractivity contribution is 1.65. The highest BCUT2D eigenvalue weighted by molar-refractivity contribution is 7.14. The summed E-state index contributed by atoms with van der Waals surface area (Å²) in [6, 6.07) is 16.3. The Hall–Kier alpha value is -1.51. The van der Waals surface area contributed by atoms with Crippen LogP contribution in [0, 0.1) is 0 Å². The molecule has 1 N–H and O–H groups in total. The molecule has 17 heavy (non-hydrogen) atoms. The van der Waals surface area contributed by atoms with Crippen molar-refractivity contribution < 1.29 is 0 Å². The summed E-state index contributed by atoms with van der Waals surface area (Å²) >= 11 is 7.93. The number of thiophene rings is 1. The van der Waals surface area contributed by atoms with Crippen molar-refractivity contribution in [2.24, 2.45) is 0 Å². The predicted octanol–water partition coefficient (Wildman–Crippen LogP) is 5.30. The average Bonchev–Trinajstić information content (AvgIpc) is 2.86. The van der Waals surface area contributed by atoms with Gasteiger partial charge in [-0.15, -0.1) is 11.3 Å². The van der Waals surface area contributed by atoms with Crippen LogP contribution in [0.2, 0.25) is 5.02 Å². The lowest BCUT2D eigenvalue weighted by Crippen LogP contribution is -1.90. The first kappa shape index (κ1) is 10.6. The van der Waals surface area contributed by atoms with Gasteiger partial charge in [0.15, 0.2) is 0 Å². The first-order chi connectivity index (χ1) is 8.34. The predicted molar refractivity (Wildman–Crippen MR) is 76.6 cm³/mol. The molecule has 0 aliphatic heterocycles. The van der Waals surface area contributed by atoms with E-state index >= 15 is 0 Å². The number of hydrogen-bond donors (Lipinski definition) is 1. The molecule has 0 bridgehead atoms. The average molecular weight is 260 g/mol. The molecule has 3 heteroatoms. The normalized spacial score (nSPS) is 10.6. The number of rotatable bonds is 2. The first-order valence-electron chi connectivity index (χ1n) is 5.32. The molecule has 1 heterocycles. The molecule has 0 spiro atoms. The molecular weight excluding hydrogens is 250 g/mol. The fourth-order valence-corrected chi connectivity index (χ4v) is 2.68. The fraction of sp³-hybridized carbons (Fsp3) is 0. The number of benzene rings is 2. The summed E-state index contributed by atoms with van der Waals surface area (Å²) in [4.78, 5) is 0. The molecule has 1 nitrogen and oxygen atoms in total. The maximum atomic E-state index is 6.26. The summed E-state index contributed by atoms with van der Waals surface area (Å²) in [6.07, 6.45) is 0. The number of halogens is 1. The van der Waals surface area contributed by atoms with Gasteiger partial charge in [-0.3, -0.25) is 0 Å². The highest BCUT2D eigenvalue weighted by atomic mass is 35.5. The van der Waals surface area contributed by atoms with Crippen LogP contribution in [-0.4, -0.2) is 0 Å². The first-order valence-corrected chi connectivity index (χ1v) is 6.58. The Morgan fingerprint density at radius 1 is 0.941 bits per heavy atom. The molecule has 0 saturated carbocycles. The molecule has 3 aromatic rings. The van der Waals surface area contributed by atoms with Gasteiger partial charge >= 0.3 is 0 Å². The van der Waals surface area contributed by atoms with Gasteiger partial charge in [0.05, 0.1) is 15.7 Å². The third-order valence-electron chi connectivity index (χ3n) is 2.65. The molecule has 3 rings (SSSR count). The van der Waals surface area contributed by atoms with E-state index in [-0.39, 0.29) is 0 Å². The lowest BCUT2D eigenvalue weighted by Gasteiger charge is -2.10. The van der Waals surface area contributed by atoms with E-state index in [2.05, 4.69) is 17.4 Å². The topological polar surface area (TPSA) is 12.0 Å². The Morgan fingerprint density at radius 2 is 1.82 bits per heavy atom. The van der Waals surface area contributed by atoms with Crippen LogP contribution < -0.4 is 5.32 Å². The Balaban J connectivity index is 2.17. The second-order valence-electron chi connectivity index (χ2n) is 3.75. The molecule has 1 aromatic heterocycles. The van der Waals surface area contributed by atoms with Crippen LogP contribution in [0.5, 0.6) is 0 Å². The standard InChI is InChI=1S/C14H10ClNS/c15-12-8-7-10-4-1-2-5-11(10)14(12)16-13-6-3-9-17-13/h1-9,16H. The number of nitrogens with one attached hydrogen (secondary N) is 1. The molecule has 0 saturated heterocycles. The molecule has 0 unspecified atom stereocenters. The summed E-state index contributed by atoms with van der Waals surface area (Å²) in [6.45, 7) is 0. The van der Waals surface area contributed by atoms with Gasteiger partial charge in [-0.05, 0) is 29.0 Å². The lowest BCUT2D eigenvalue weighted by atomic mass is 10.1. The molecule has 0 amide bonds. The van der Waals surface area contributed by atoms with Crippen molar-refractivity contribution in [3.8, 4) is 0 Å². The van der Waals surface area contributed by atoms with Crippen molar-refractivity contribution in [1.29, 1.82) is 0 Å². The SMILES string of the molecule is Clc1ccc2ccccc2c1Nc1cccs1. The van der Waals surface area contributed by atoms with Crippen molar-refractivity contribution in [1.82, 2.24) is 0 Å². The summed E-state index contributed by atoms with van der Waals surface area (Å²) in [5, 5.41) is 9.61. The summed E-state index contributed by atoms with van der Waals surface area (Å²) in [7, 11) is 0. The van der Waals surface area contributed by atoms with Gasteiger partial charge in [0.2, 0.25) is 0 Å². The van der Waals surface area contributed by atoms with Gasteiger partial charge in [-0.2, -0.15) is 0 Å². The van der Waals surface area contributed by atoms with Gasteiger partial charge in [0, 0.05) is 5.39 Å². The van der Waals surface area contributed by atoms with E-state index in [4.69, 9.17) is 11.6 Å². The van der Waals surface area contributed by atoms with E-state index in [9.17, 15) is 0 Å². The number of fused-ring (bicyclic) bond motifs is 1. The summed E-state index contributed by atoms with van der Waals surface area (Å²) in [5.41, 5.74) is 0.979. The van der Waals surface area contributed by atoms with Gasteiger partial charge in [-0.25, -0.2) is 0 Å². The zero-order valence-corrected chi connectivity index (χ0v) is 10.6. The molecule has 0 aliphatic rings. The summed E-state index contributed by atoms with van der Waals surface area (Å²) in [5.74, 6) is 0. The van der Waals surface area contributed by atoms with Gasteiger partial charge in [0.25, 0.3) is 0 Å². The van der Waals surface area contributed by atoms with Crippen LogP contribution in [0.15, 0.2) is 53.9 Å². The maximum Gasteiger partial charge on any atom is 0.0927 e. The van der Waals surface area contributed by atoms with Crippen LogP contribution >= 0.6 is 22.9 Å². The molecule has 0 fully saturated rings. The van der Waals surface area contributed by atoms with Gasteiger partial charge in [-0.1, -0.05) is 41.9 Å². The van der Waals surface area contributed by atoms with Crippen molar-refractivity contribution in [2.75, 3.05) is 5.32 Å². The van der Waals surface area contributed by atoms with Crippen LogP contribution in [-0.2, 0) is 0 Å². The van der Waals surface area contributed by atoms with E-state index in [1.54, 1.807) is 11.3 Å². The molecule has 0 atom stereocenters. The second kappa shape index (κ2) is 4.40.